The van der Waals surface area contributed by atoms with E-state index in [0.717, 1.165) is 9.87 Å². The summed E-state index contributed by atoms with van der Waals surface area (Å²) < 4.78 is 33.1. The van der Waals surface area contributed by atoms with Crippen molar-refractivity contribution in [1.29, 1.82) is 0 Å². The van der Waals surface area contributed by atoms with E-state index in [2.05, 4.69) is 10.3 Å². The molecule has 150 valence electrons. The first-order valence-corrected chi connectivity index (χ1v) is 10.3. The van der Waals surface area contributed by atoms with Crippen LogP contribution >= 0.6 is 0 Å². The lowest BCUT2D eigenvalue weighted by molar-refractivity contribution is -0.114. The number of benzene rings is 2. The van der Waals surface area contributed by atoms with Crippen LogP contribution in [-0.2, 0) is 14.8 Å². The Balaban J connectivity index is 2.00. The minimum atomic E-state index is -4.01. The van der Waals surface area contributed by atoms with Crippen LogP contribution in [0.4, 0.5) is 11.4 Å². The highest BCUT2D eigenvalue weighted by Gasteiger charge is 2.29. The molecule has 0 spiro atoms. The van der Waals surface area contributed by atoms with Gasteiger partial charge in [-0.05, 0) is 43.3 Å². The first-order chi connectivity index (χ1) is 13.9. The standard InChI is InChI=1S/C21H21N3O4S/c1-16-9-11-18(12-10-16)29(26,27)24(19-7-3-4-8-20(19)28-2)15-21(25)23-17-6-5-13-22-14-17/h3-14H,15H2,1-2H3,(H,23,25). The molecule has 0 fully saturated rings. The first kappa shape index (κ1) is 20.3. The molecule has 8 heteroatoms. The van der Waals surface area contributed by atoms with Crippen LogP contribution in [0.2, 0.25) is 0 Å². The zero-order valence-corrected chi connectivity index (χ0v) is 16.9. The Morgan fingerprint density at radius 3 is 2.45 bits per heavy atom. The van der Waals surface area contributed by atoms with Crippen LogP contribution in [0.3, 0.4) is 0 Å². The summed E-state index contributed by atoms with van der Waals surface area (Å²) in [7, 11) is -2.56. The lowest BCUT2D eigenvalue weighted by Gasteiger charge is -2.25. The van der Waals surface area contributed by atoms with Gasteiger partial charge in [-0.25, -0.2) is 8.42 Å². The number of rotatable bonds is 7. The fourth-order valence-electron chi connectivity index (χ4n) is 2.74. The molecule has 7 nitrogen and oxygen atoms in total. The number of amides is 1. The Labute approximate surface area is 170 Å². The Kier molecular flexibility index (Phi) is 6.13. The maximum atomic E-state index is 13.4. The summed E-state index contributed by atoms with van der Waals surface area (Å²) in [6, 6.07) is 16.5. The number of pyridine rings is 1. The highest BCUT2D eigenvalue weighted by atomic mass is 32.2. The Morgan fingerprint density at radius 1 is 1.07 bits per heavy atom. The van der Waals surface area contributed by atoms with E-state index in [1.54, 1.807) is 54.7 Å². The molecule has 0 aliphatic heterocycles. The number of anilines is 2. The maximum absolute atomic E-state index is 13.4. The Hall–Kier alpha value is -3.39. The van der Waals surface area contributed by atoms with Crippen molar-refractivity contribution in [3.8, 4) is 5.75 Å². The summed E-state index contributed by atoms with van der Waals surface area (Å²) >= 11 is 0. The zero-order chi connectivity index (χ0) is 20.9. The third-order valence-corrected chi connectivity index (χ3v) is 5.97. The number of carbonyl (C=O) groups excluding carboxylic acids is 1. The van der Waals surface area contributed by atoms with Gasteiger partial charge in [-0.1, -0.05) is 29.8 Å². The molecule has 0 radical (unpaired) electrons. The molecule has 29 heavy (non-hydrogen) atoms. The topological polar surface area (TPSA) is 88.6 Å². The average molecular weight is 411 g/mol. The third kappa shape index (κ3) is 4.72. The molecule has 1 amide bonds. The number of hydrogen-bond donors (Lipinski definition) is 1. The summed E-state index contributed by atoms with van der Waals surface area (Å²) in [4.78, 5) is 16.7. The number of carbonyl (C=O) groups is 1. The predicted octanol–water partition coefficient (Wildman–Crippen LogP) is 3.23. The van der Waals surface area contributed by atoms with Gasteiger partial charge in [0.25, 0.3) is 10.0 Å². The van der Waals surface area contributed by atoms with Gasteiger partial charge in [0.1, 0.15) is 12.3 Å². The molecule has 2 aromatic carbocycles. The van der Waals surface area contributed by atoms with Crippen LogP contribution in [-0.4, -0.2) is 33.0 Å². The minimum Gasteiger partial charge on any atom is -0.495 e. The average Bonchev–Trinajstić information content (AvgIpc) is 2.73. The highest BCUT2D eigenvalue weighted by molar-refractivity contribution is 7.92. The molecule has 0 aliphatic rings. The molecule has 0 saturated heterocycles. The van der Waals surface area contributed by atoms with Gasteiger partial charge < -0.3 is 10.1 Å². The summed E-state index contributed by atoms with van der Waals surface area (Å²) in [5.74, 6) is -0.156. The van der Waals surface area contributed by atoms with Crippen molar-refractivity contribution in [2.75, 3.05) is 23.3 Å². The molecular weight excluding hydrogens is 390 g/mol. The Bertz CT molecular complexity index is 1080. The van der Waals surface area contributed by atoms with Gasteiger partial charge in [-0.3, -0.25) is 14.1 Å². The van der Waals surface area contributed by atoms with E-state index >= 15 is 0 Å². The predicted molar refractivity (Wildman–Crippen MR) is 112 cm³/mol. The molecule has 1 N–H and O–H groups in total. The van der Waals surface area contributed by atoms with Crippen molar-refractivity contribution in [3.05, 3.63) is 78.6 Å². The SMILES string of the molecule is COc1ccccc1N(CC(=O)Nc1cccnc1)S(=O)(=O)c1ccc(C)cc1. The monoisotopic (exact) mass is 411 g/mol. The van der Waals surface area contributed by atoms with Crippen molar-refractivity contribution in [2.45, 2.75) is 11.8 Å². The van der Waals surface area contributed by atoms with Crippen LogP contribution in [0.25, 0.3) is 0 Å². The van der Waals surface area contributed by atoms with E-state index in [1.165, 1.54) is 25.4 Å². The van der Waals surface area contributed by atoms with Gasteiger partial charge in [0, 0.05) is 6.20 Å². The molecule has 3 rings (SSSR count). The van der Waals surface area contributed by atoms with Gasteiger partial charge in [0.2, 0.25) is 5.91 Å². The van der Waals surface area contributed by atoms with Gasteiger partial charge >= 0.3 is 0 Å². The number of sulfonamides is 1. The number of nitrogens with one attached hydrogen (secondary N) is 1. The smallest absolute Gasteiger partial charge is 0.264 e. The van der Waals surface area contributed by atoms with Crippen molar-refractivity contribution in [1.82, 2.24) is 4.98 Å². The number of para-hydroxylation sites is 2. The molecule has 0 unspecified atom stereocenters. The van der Waals surface area contributed by atoms with Gasteiger partial charge in [0.05, 0.1) is 29.6 Å². The van der Waals surface area contributed by atoms with Crippen molar-refractivity contribution < 1.29 is 17.9 Å². The van der Waals surface area contributed by atoms with E-state index < -0.39 is 22.5 Å². The second-order valence-electron chi connectivity index (χ2n) is 6.29. The van der Waals surface area contributed by atoms with Crippen molar-refractivity contribution >= 4 is 27.3 Å². The Morgan fingerprint density at radius 2 is 1.79 bits per heavy atom. The van der Waals surface area contributed by atoms with E-state index in [-0.39, 0.29) is 10.6 Å². The van der Waals surface area contributed by atoms with Gasteiger partial charge in [0.15, 0.2) is 0 Å². The van der Waals surface area contributed by atoms with Crippen molar-refractivity contribution in [3.63, 3.8) is 0 Å². The maximum Gasteiger partial charge on any atom is 0.264 e. The molecule has 1 heterocycles. The molecule has 0 aliphatic carbocycles. The summed E-state index contributed by atoms with van der Waals surface area (Å²) in [6.45, 7) is 1.45. The first-order valence-electron chi connectivity index (χ1n) is 8.84. The number of hydrogen-bond acceptors (Lipinski definition) is 5. The van der Waals surface area contributed by atoms with Gasteiger partial charge in [-0.15, -0.1) is 0 Å². The van der Waals surface area contributed by atoms with E-state index in [1.807, 2.05) is 6.92 Å². The van der Waals surface area contributed by atoms with Crippen molar-refractivity contribution in [2.24, 2.45) is 0 Å². The molecule has 1 aromatic heterocycles. The number of aryl methyl sites for hydroxylation is 1. The largest absolute Gasteiger partial charge is 0.495 e. The van der Waals surface area contributed by atoms with Gasteiger partial charge in [-0.2, -0.15) is 0 Å². The summed E-state index contributed by atoms with van der Waals surface area (Å²) in [5.41, 5.74) is 1.68. The summed E-state index contributed by atoms with van der Waals surface area (Å²) in [6.07, 6.45) is 3.07. The lowest BCUT2D eigenvalue weighted by Crippen LogP contribution is -2.38. The van der Waals surface area contributed by atoms with E-state index in [0.29, 0.717) is 11.4 Å². The van der Waals surface area contributed by atoms with Crippen LogP contribution in [0, 0.1) is 6.92 Å². The number of ether oxygens (including phenoxy) is 1. The second-order valence-corrected chi connectivity index (χ2v) is 8.15. The van der Waals surface area contributed by atoms with Crippen LogP contribution in [0.1, 0.15) is 5.56 Å². The summed E-state index contributed by atoms with van der Waals surface area (Å²) in [5, 5.41) is 2.66. The van der Waals surface area contributed by atoms with Crippen LogP contribution in [0.5, 0.6) is 5.75 Å². The van der Waals surface area contributed by atoms with Crippen LogP contribution < -0.4 is 14.4 Å². The quantitative estimate of drug-likeness (QED) is 0.645. The number of methoxy groups -OCH3 is 1. The van der Waals surface area contributed by atoms with E-state index in [9.17, 15) is 13.2 Å². The van der Waals surface area contributed by atoms with E-state index in [4.69, 9.17) is 4.74 Å². The number of nitrogens with zero attached hydrogens (tertiary/aromatic N) is 2. The lowest BCUT2D eigenvalue weighted by atomic mass is 10.2. The molecule has 3 aromatic rings. The zero-order valence-electron chi connectivity index (χ0n) is 16.1. The minimum absolute atomic E-state index is 0.0863. The molecule has 0 saturated carbocycles. The molecule has 0 atom stereocenters. The molecular formula is C21H21N3O4S. The number of aromatic nitrogens is 1. The third-order valence-electron chi connectivity index (χ3n) is 4.20. The second kappa shape index (κ2) is 8.74. The fourth-order valence-corrected chi connectivity index (χ4v) is 4.17. The normalized spacial score (nSPS) is 11.0. The molecule has 0 bridgehead atoms. The highest BCUT2D eigenvalue weighted by Crippen LogP contribution is 2.32. The van der Waals surface area contributed by atoms with Crippen LogP contribution in [0.15, 0.2) is 78.0 Å². The fraction of sp³-hybridized carbons (Fsp3) is 0.143.